The zero-order valence-corrected chi connectivity index (χ0v) is 10.7. The number of aromatic nitrogens is 4. The summed E-state index contributed by atoms with van der Waals surface area (Å²) >= 11 is 0. The highest BCUT2D eigenvalue weighted by Gasteiger charge is 2.36. The molecule has 3 N–H and O–H groups in total. The van der Waals surface area contributed by atoms with Crippen LogP contribution in [0, 0.1) is 5.92 Å². The minimum absolute atomic E-state index is 0.0724. The Morgan fingerprint density at radius 3 is 3.05 bits per heavy atom. The summed E-state index contributed by atoms with van der Waals surface area (Å²) in [5.41, 5.74) is 6.99. The van der Waals surface area contributed by atoms with E-state index in [-0.39, 0.29) is 12.1 Å². The highest BCUT2D eigenvalue weighted by atomic mass is 16.5. The Balaban J connectivity index is 1.69. The molecule has 2 aromatic heterocycles. The number of imidazole rings is 1. The van der Waals surface area contributed by atoms with E-state index in [1.54, 1.807) is 19.6 Å². The minimum atomic E-state index is -0.335. The second kappa shape index (κ2) is 5.10. The van der Waals surface area contributed by atoms with Crippen molar-refractivity contribution in [3.05, 3.63) is 29.9 Å². The molecular formula is C12H17N5O2. The second-order valence-corrected chi connectivity index (χ2v) is 4.87. The minimum Gasteiger partial charge on any atom is -0.373 e. The lowest BCUT2D eigenvalue weighted by molar-refractivity contribution is 0.0751. The van der Waals surface area contributed by atoms with Gasteiger partial charge in [-0.2, -0.15) is 4.98 Å². The maximum atomic E-state index is 6.05. The van der Waals surface area contributed by atoms with Crippen LogP contribution in [0.15, 0.2) is 17.0 Å². The summed E-state index contributed by atoms with van der Waals surface area (Å²) in [5.74, 6) is 1.55. The van der Waals surface area contributed by atoms with E-state index in [9.17, 15) is 0 Å². The first-order chi connectivity index (χ1) is 9.28. The number of aromatic amines is 1. The van der Waals surface area contributed by atoms with Gasteiger partial charge in [0.15, 0.2) is 0 Å². The molecule has 0 bridgehead atoms. The van der Waals surface area contributed by atoms with Crippen LogP contribution >= 0.6 is 0 Å². The van der Waals surface area contributed by atoms with Gasteiger partial charge < -0.3 is 20.0 Å². The third-order valence-electron chi connectivity index (χ3n) is 3.33. The number of nitrogens with two attached hydrogens (primary N) is 1. The molecule has 2 heterocycles. The van der Waals surface area contributed by atoms with E-state index in [0.29, 0.717) is 24.1 Å². The van der Waals surface area contributed by atoms with Crippen LogP contribution in [0.3, 0.4) is 0 Å². The quantitative estimate of drug-likeness (QED) is 0.809. The molecule has 19 heavy (non-hydrogen) atoms. The standard InChI is InChI=1S/C12H17N5O2/c1-18-10(7-2-3-7)11-16-12(19-17-11)9(13)4-8-5-14-6-15-8/h5-7,9-10H,2-4,13H2,1H3,(H,14,15)/t9-,10?/m0/s1. The summed E-state index contributed by atoms with van der Waals surface area (Å²) in [4.78, 5) is 11.3. The van der Waals surface area contributed by atoms with Crippen LogP contribution < -0.4 is 5.73 Å². The topological polar surface area (TPSA) is 103 Å². The van der Waals surface area contributed by atoms with Crippen LogP contribution in [0.25, 0.3) is 0 Å². The van der Waals surface area contributed by atoms with Crippen molar-refractivity contribution < 1.29 is 9.26 Å². The Morgan fingerprint density at radius 2 is 2.42 bits per heavy atom. The summed E-state index contributed by atoms with van der Waals surface area (Å²) in [6.07, 6.45) is 6.18. The molecule has 2 aromatic rings. The average molecular weight is 263 g/mol. The van der Waals surface area contributed by atoms with E-state index in [2.05, 4.69) is 20.1 Å². The smallest absolute Gasteiger partial charge is 0.244 e. The fourth-order valence-corrected chi connectivity index (χ4v) is 2.14. The molecule has 3 rings (SSSR count). The van der Waals surface area contributed by atoms with Gasteiger partial charge in [-0.25, -0.2) is 4.98 Å². The van der Waals surface area contributed by atoms with E-state index in [1.165, 1.54) is 0 Å². The van der Waals surface area contributed by atoms with Crippen molar-refractivity contribution in [1.29, 1.82) is 0 Å². The Hall–Kier alpha value is -1.73. The van der Waals surface area contributed by atoms with Gasteiger partial charge in [0.05, 0.1) is 12.4 Å². The normalized spacial score (nSPS) is 18.4. The predicted molar refractivity (Wildman–Crippen MR) is 66.0 cm³/mol. The van der Waals surface area contributed by atoms with Gasteiger partial charge in [0, 0.05) is 25.4 Å². The van der Waals surface area contributed by atoms with Gasteiger partial charge in [0.25, 0.3) is 0 Å². The number of nitrogens with zero attached hydrogens (tertiary/aromatic N) is 3. The number of H-pyrrole nitrogens is 1. The zero-order valence-electron chi connectivity index (χ0n) is 10.7. The van der Waals surface area contributed by atoms with Crippen molar-refractivity contribution in [2.24, 2.45) is 11.7 Å². The van der Waals surface area contributed by atoms with Crippen LogP contribution in [0.5, 0.6) is 0 Å². The summed E-state index contributed by atoms with van der Waals surface area (Å²) in [7, 11) is 1.67. The number of hydrogen-bond donors (Lipinski definition) is 2. The highest BCUT2D eigenvalue weighted by Crippen LogP contribution is 2.42. The fourth-order valence-electron chi connectivity index (χ4n) is 2.14. The summed E-state index contributed by atoms with van der Waals surface area (Å²) < 4.78 is 10.7. The first-order valence-electron chi connectivity index (χ1n) is 6.37. The van der Waals surface area contributed by atoms with Crippen molar-refractivity contribution >= 4 is 0 Å². The molecule has 0 saturated heterocycles. The molecule has 1 aliphatic carbocycles. The van der Waals surface area contributed by atoms with E-state index in [1.807, 2.05) is 0 Å². The second-order valence-electron chi connectivity index (χ2n) is 4.87. The van der Waals surface area contributed by atoms with E-state index in [4.69, 9.17) is 15.0 Å². The van der Waals surface area contributed by atoms with E-state index < -0.39 is 0 Å². The molecule has 1 aliphatic rings. The molecule has 0 aromatic carbocycles. The van der Waals surface area contributed by atoms with Crippen molar-refractivity contribution in [2.75, 3.05) is 7.11 Å². The molecule has 7 nitrogen and oxygen atoms in total. The lowest BCUT2D eigenvalue weighted by atomic mass is 10.2. The lowest BCUT2D eigenvalue weighted by Gasteiger charge is -2.08. The largest absolute Gasteiger partial charge is 0.373 e. The molecule has 1 unspecified atom stereocenters. The van der Waals surface area contributed by atoms with Crippen LogP contribution in [-0.4, -0.2) is 27.2 Å². The Labute approximate surface area is 110 Å². The number of ether oxygens (including phenoxy) is 1. The van der Waals surface area contributed by atoms with E-state index >= 15 is 0 Å². The average Bonchev–Trinajstić information content (AvgIpc) is 2.92. The van der Waals surface area contributed by atoms with Crippen molar-refractivity contribution in [3.63, 3.8) is 0 Å². The summed E-state index contributed by atoms with van der Waals surface area (Å²) in [6, 6.07) is -0.335. The maximum Gasteiger partial charge on any atom is 0.244 e. The third-order valence-corrected chi connectivity index (χ3v) is 3.33. The Morgan fingerprint density at radius 1 is 1.58 bits per heavy atom. The summed E-state index contributed by atoms with van der Waals surface area (Å²) in [5, 5.41) is 3.98. The van der Waals surface area contributed by atoms with Crippen molar-refractivity contribution in [2.45, 2.75) is 31.4 Å². The molecule has 0 aliphatic heterocycles. The van der Waals surface area contributed by atoms with Crippen molar-refractivity contribution in [1.82, 2.24) is 20.1 Å². The number of methoxy groups -OCH3 is 1. The van der Waals surface area contributed by atoms with Crippen LogP contribution in [0.1, 0.15) is 42.4 Å². The van der Waals surface area contributed by atoms with Crippen LogP contribution in [0.4, 0.5) is 0 Å². The zero-order chi connectivity index (χ0) is 13.2. The first-order valence-corrected chi connectivity index (χ1v) is 6.37. The molecule has 0 spiro atoms. The lowest BCUT2D eigenvalue weighted by Crippen LogP contribution is -2.14. The SMILES string of the molecule is COC(c1noc([C@@H](N)Cc2cnc[nH]2)n1)C1CC1. The monoisotopic (exact) mass is 263 g/mol. The van der Waals surface area contributed by atoms with Gasteiger partial charge in [-0.3, -0.25) is 0 Å². The van der Waals surface area contributed by atoms with Gasteiger partial charge in [-0.05, 0) is 18.8 Å². The predicted octanol–water partition coefficient (Wildman–Crippen LogP) is 1.13. The van der Waals surface area contributed by atoms with Crippen LogP contribution in [0.2, 0.25) is 0 Å². The number of rotatable bonds is 6. The molecule has 1 saturated carbocycles. The number of hydrogen-bond acceptors (Lipinski definition) is 6. The van der Waals surface area contributed by atoms with Gasteiger partial charge in [-0.1, -0.05) is 5.16 Å². The fraction of sp³-hybridized carbons (Fsp3) is 0.583. The first kappa shape index (κ1) is 12.3. The molecule has 0 radical (unpaired) electrons. The molecule has 0 amide bonds. The summed E-state index contributed by atoms with van der Waals surface area (Å²) in [6.45, 7) is 0. The maximum absolute atomic E-state index is 6.05. The molecular weight excluding hydrogens is 246 g/mol. The Kier molecular flexibility index (Phi) is 3.31. The van der Waals surface area contributed by atoms with Gasteiger partial charge in [0.2, 0.25) is 11.7 Å². The Bertz CT molecular complexity index is 520. The molecule has 2 atom stereocenters. The van der Waals surface area contributed by atoms with Crippen LogP contribution in [-0.2, 0) is 11.2 Å². The molecule has 1 fully saturated rings. The van der Waals surface area contributed by atoms with Gasteiger partial charge in [-0.15, -0.1) is 0 Å². The molecule has 102 valence electrons. The molecule has 7 heteroatoms. The third kappa shape index (κ3) is 2.66. The highest BCUT2D eigenvalue weighted by molar-refractivity contribution is 5.04. The van der Waals surface area contributed by atoms with Crippen molar-refractivity contribution in [3.8, 4) is 0 Å². The van der Waals surface area contributed by atoms with Gasteiger partial charge >= 0.3 is 0 Å². The van der Waals surface area contributed by atoms with E-state index in [0.717, 1.165) is 18.5 Å². The van der Waals surface area contributed by atoms with Gasteiger partial charge in [0.1, 0.15) is 6.10 Å². The number of nitrogens with one attached hydrogen (secondary N) is 1.